The van der Waals surface area contributed by atoms with Crippen LogP contribution in [0.25, 0.3) is 0 Å². The number of aryl methyl sites for hydroxylation is 1. The van der Waals surface area contributed by atoms with Crippen LogP contribution in [0, 0.1) is 6.92 Å². The normalized spacial score (nSPS) is 21.2. The SMILES string of the molecule is Cc1ccc(S(=O)(=O)O)cc1C1CCOC1. The molecule has 1 saturated heterocycles. The van der Waals surface area contributed by atoms with Gasteiger partial charge in [-0.2, -0.15) is 8.42 Å². The van der Waals surface area contributed by atoms with Crippen molar-refractivity contribution in [2.45, 2.75) is 24.2 Å². The van der Waals surface area contributed by atoms with E-state index in [0.29, 0.717) is 13.2 Å². The first-order chi connectivity index (χ1) is 7.48. The maximum atomic E-state index is 11.0. The molecule has 0 saturated carbocycles. The highest BCUT2D eigenvalue weighted by Crippen LogP contribution is 2.29. The molecule has 5 heteroatoms. The van der Waals surface area contributed by atoms with E-state index in [4.69, 9.17) is 9.29 Å². The van der Waals surface area contributed by atoms with Crippen LogP contribution in [-0.2, 0) is 14.9 Å². The summed E-state index contributed by atoms with van der Waals surface area (Å²) < 4.78 is 36.3. The van der Waals surface area contributed by atoms with E-state index in [1.807, 2.05) is 6.92 Å². The largest absolute Gasteiger partial charge is 0.381 e. The highest BCUT2D eigenvalue weighted by atomic mass is 32.2. The van der Waals surface area contributed by atoms with Gasteiger partial charge in [0.1, 0.15) is 0 Å². The monoisotopic (exact) mass is 242 g/mol. The van der Waals surface area contributed by atoms with E-state index in [0.717, 1.165) is 17.5 Å². The molecule has 88 valence electrons. The fraction of sp³-hybridized carbons (Fsp3) is 0.455. The second-order valence-electron chi connectivity index (χ2n) is 4.05. The average molecular weight is 242 g/mol. The lowest BCUT2D eigenvalue weighted by molar-refractivity contribution is 0.194. The van der Waals surface area contributed by atoms with Gasteiger partial charge in [0.05, 0.1) is 11.5 Å². The summed E-state index contributed by atoms with van der Waals surface area (Å²) in [5.74, 6) is 0.238. The van der Waals surface area contributed by atoms with Gasteiger partial charge in [-0.05, 0) is 36.6 Å². The summed E-state index contributed by atoms with van der Waals surface area (Å²) in [5, 5.41) is 0. The van der Waals surface area contributed by atoms with Crippen molar-refractivity contribution >= 4 is 10.1 Å². The van der Waals surface area contributed by atoms with Gasteiger partial charge >= 0.3 is 0 Å². The second-order valence-corrected chi connectivity index (χ2v) is 5.48. The first-order valence-corrected chi connectivity index (χ1v) is 6.58. The van der Waals surface area contributed by atoms with E-state index >= 15 is 0 Å². The van der Waals surface area contributed by atoms with Crippen molar-refractivity contribution in [3.63, 3.8) is 0 Å². The van der Waals surface area contributed by atoms with Crippen molar-refractivity contribution in [2.75, 3.05) is 13.2 Å². The van der Waals surface area contributed by atoms with Crippen LogP contribution in [0.1, 0.15) is 23.5 Å². The predicted octanol–water partition coefficient (Wildman–Crippen LogP) is 1.75. The number of benzene rings is 1. The van der Waals surface area contributed by atoms with Crippen LogP contribution < -0.4 is 0 Å². The van der Waals surface area contributed by atoms with Gasteiger partial charge in [-0.25, -0.2) is 0 Å². The van der Waals surface area contributed by atoms with E-state index in [1.165, 1.54) is 6.07 Å². The number of ether oxygens (including phenoxy) is 1. The second kappa shape index (κ2) is 4.16. The third-order valence-electron chi connectivity index (χ3n) is 2.92. The Bertz CT molecular complexity index is 487. The zero-order valence-corrected chi connectivity index (χ0v) is 9.83. The molecule has 1 aromatic rings. The molecular formula is C11H14O4S. The maximum Gasteiger partial charge on any atom is 0.294 e. The molecular weight excluding hydrogens is 228 g/mol. The van der Waals surface area contributed by atoms with Gasteiger partial charge in [0.25, 0.3) is 10.1 Å². The average Bonchev–Trinajstić information content (AvgIpc) is 2.69. The van der Waals surface area contributed by atoms with Gasteiger partial charge in [0.2, 0.25) is 0 Å². The van der Waals surface area contributed by atoms with Gasteiger partial charge in [0.15, 0.2) is 0 Å². The minimum absolute atomic E-state index is 0.0417. The predicted molar refractivity (Wildman–Crippen MR) is 59.2 cm³/mol. The van der Waals surface area contributed by atoms with Crippen molar-refractivity contribution in [1.29, 1.82) is 0 Å². The zero-order valence-electron chi connectivity index (χ0n) is 9.01. The lowest BCUT2D eigenvalue weighted by Gasteiger charge is -2.12. The van der Waals surface area contributed by atoms with Crippen LogP contribution in [0.3, 0.4) is 0 Å². The van der Waals surface area contributed by atoms with Crippen LogP contribution in [-0.4, -0.2) is 26.2 Å². The minimum atomic E-state index is -4.11. The summed E-state index contributed by atoms with van der Waals surface area (Å²) in [7, 11) is -4.11. The summed E-state index contributed by atoms with van der Waals surface area (Å²) in [4.78, 5) is -0.0417. The molecule has 1 aromatic carbocycles. The van der Waals surface area contributed by atoms with Gasteiger partial charge in [-0.15, -0.1) is 0 Å². The molecule has 0 amide bonds. The smallest absolute Gasteiger partial charge is 0.294 e. The van der Waals surface area contributed by atoms with Gasteiger partial charge < -0.3 is 4.74 Å². The summed E-state index contributed by atoms with van der Waals surface area (Å²) in [6, 6.07) is 4.69. The third-order valence-corrected chi connectivity index (χ3v) is 3.77. The van der Waals surface area contributed by atoms with Crippen LogP contribution >= 0.6 is 0 Å². The molecule has 0 aliphatic carbocycles. The number of rotatable bonds is 2. The maximum absolute atomic E-state index is 11.0. The summed E-state index contributed by atoms with van der Waals surface area (Å²) >= 11 is 0. The van der Waals surface area contributed by atoms with Crippen molar-refractivity contribution in [3.05, 3.63) is 29.3 Å². The van der Waals surface area contributed by atoms with E-state index in [-0.39, 0.29) is 10.8 Å². The molecule has 1 N–H and O–H groups in total. The van der Waals surface area contributed by atoms with Crippen molar-refractivity contribution < 1.29 is 17.7 Å². The van der Waals surface area contributed by atoms with Crippen LogP contribution in [0.15, 0.2) is 23.1 Å². The van der Waals surface area contributed by atoms with E-state index < -0.39 is 10.1 Å². The molecule has 16 heavy (non-hydrogen) atoms. The Hall–Kier alpha value is -0.910. The lowest BCUT2D eigenvalue weighted by Crippen LogP contribution is -2.04. The number of hydrogen-bond acceptors (Lipinski definition) is 3. The lowest BCUT2D eigenvalue weighted by atomic mass is 9.94. The third kappa shape index (κ3) is 2.26. The molecule has 1 fully saturated rings. The van der Waals surface area contributed by atoms with Gasteiger partial charge in [-0.3, -0.25) is 4.55 Å². The van der Waals surface area contributed by atoms with Gasteiger partial charge in [-0.1, -0.05) is 6.07 Å². The quantitative estimate of drug-likeness (QED) is 0.802. The standard InChI is InChI=1S/C11H14O4S/c1-8-2-3-10(16(12,13)14)6-11(8)9-4-5-15-7-9/h2-3,6,9H,4-5,7H2,1H3,(H,12,13,14). The molecule has 2 rings (SSSR count). The van der Waals surface area contributed by atoms with Crippen molar-refractivity contribution in [1.82, 2.24) is 0 Å². The van der Waals surface area contributed by atoms with Crippen molar-refractivity contribution in [2.24, 2.45) is 0 Å². The molecule has 1 aliphatic heterocycles. The first-order valence-electron chi connectivity index (χ1n) is 5.14. The van der Waals surface area contributed by atoms with Crippen LogP contribution in [0.2, 0.25) is 0 Å². The summed E-state index contributed by atoms with van der Waals surface area (Å²) in [5.41, 5.74) is 1.98. The molecule has 0 radical (unpaired) electrons. The Balaban J connectivity index is 2.44. The molecule has 1 heterocycles. The number of hydrogen-bond donors (Lipinski definition) is 1. The van der Waals surface area contributed by atoms with E-state index in [2.05, 4.69) is 0 Å². The Morgan fingerprint density at radius 1 is 1.44 bits per heavy atom. The minimum Gasteiger partial charge on any atom is -0.381 e. The fourth-order valence-electron chi connectivity index (χ4n) is 2.00. The first kappa shape index (κ1) is 11.6. The molecule has 1 aliphatic rings. The topological polar surface area (TPSA) is 63.6 Å². The van der Waals surface area contributed by atoms with Crippen LogP contribution in [0.5, 0.6) is 0 Å². The Morgan fingerprint density at radius 2 is 2.19 bits per heavy atom. The summed E-state index contributed by atoms with van der Waals surface area (Å²) in [6.45, 7) is 3.26. The highest BCUT2D eigenvalue weighted by molar-refractivity contribution is 7.85. The zero-order chi connectivity index (χ0) is 11.8. The fourth-order valence-corrected chi connectivity index (χ4v) is 2.51. The van der Waals surface area contributed by atoms with E-state index in [9.17, 15) is 8.42 Å². The Morgan fingerprint density at radius 3 is 2.75 bits per heavy atom. The van der Waals surface area contributed by atoms with Crippen LogP contribution in [0.4, 0.5) is 0 Å². The molecule has 0 bridgehead atoms. The van der Waals surface area contributed by atoms with Gasteiger partial charge in [0, 0.05) is 12.5 Å². The Labute approximate surface area is 95.0 Å². The van der Waals surface area contributed by atoms with E-state index in [1.54, 1.807) is 12.1 Å². The summed E-state index contributed by atoms with van der Waals surface area (Å²) in [6.07, 6.45) is 0.899. The molecule has 4 nitrogen and oxygen atoms in total. The molecule has 1 unspecified atom stereocenters. The Kier molecular flexibility index (Phi) is 3.01. The van der Waals surface area contributed by atoms with Crippen molar-refractivity contribution in [3.8, 4) is 0 Å². The molecule has 0 spiro atoms. The highest BCUT2D eigenvalue weighted by Gasteiger charge is 2.21. The molecule has 0 aromatic heterocycles. The molecule has 1 atom stereocenters.